The largest absolute Gasteiger partial charge is 0.493 e. The van der Waals surface area contributed by atoms with Crippen LogP contribution >= 0.6 is 11.8 Å². The van der Waals surface area contributed by atoms with Gasteiger partial charge in [-0.25, -0.2) is 4.42 Å². The lowest BCUT2D eigenvalue weighted by Crippen LogP contribution is -2.50. The van der Waals surface area contributed by atoms with E-state index in [0.29, 0.717) is 49.9 Å². The second-order valence-corrected chi connectivity index (χ2v) is 10.5. The summed E-state index contributed by atoms with van der Waals surface area (Å²) >= 11 is 6.31. The number of carbonyl (C=O) groups is 1. The summed E-state index contributed by atoms with van der Waals surface area (Å²) < 4.78 is 23.1. The number of nitrogens with zero attached hydrogens (tertiary/aromatic N) is 1. The van der Waals surface area contributed by atoms with E-state index in [-0.39, 0.29) is 18.4 Å². The maximum atomic E-state index is 12.9. The number of ether oxygens (including phenoxy) is 4. The van der Waals surface area contributed by atoms with Crippen LogP contribution in [0, 0.1) is 11.8 Å². The van der Waals surface area contributed by atoms with Gasteiger partial charge in [-0.15, -0.1) is 0 Å². The predicted octanol–water partition coefficient (Wildman–Crippen LogP) is 3.95. The molecule has 1 aliphatic carbocycles. The van der Waals surface area contributed by atoms with Crippen molar-refractivity contribution in [1.82, 2.24) is 4.42 Å². The Labute approximate surface area is 221 Å². The van der Waals surface area contributed by atoms with Crippen molar-refractivity contribution < 1.29 is 28.8 Å². The maximum Gasteiger partial charge on any atom is 0.269 e. The Balaban J connectivity index is 2.00. The molecular weight excluding hydrogens is 484 g/mol. The van der Waals surface area contributed by atoms with Gasteiger partial charge in [0, 0.05) is 45.1 Å². The summed E-state index contributed by atoms with van der Waals surface area (Å²) in [6.07, 6.45) is 4.33. The quantitative estimate of drug-likeness (QED) is 0.247. The fraction of sp³-hybridized carbons (Fsp3) is 0.741. The molecule has 0 bridgehead atoms. The van der Waals surface area contributed by atoms with Crippen LogP contribution in [-0.2, 0) is 20.7 Å². The van der Waals surface area contributed by atoms with Crippen LogP contribution in [0.2, 0.25) is 0 Å². The molecule has 1 amide bonds. The molecule has 3 atom stereocenters. The number of amides is 1. The third kappa shape index (κ3) is 8.48. The van der Waals surface area contributed by atoms with E-state index in [0.717, 1.165) is 35.7 Å². The zero-order valence-electron chi connectivity index (χ0n) is 22.5. The lowest BCUT2D eigenvalue weighted by atomic mass is 9.83. The summed E-state index contributed by atoms with van der Waals surface area (Å²) in [5.74, 6) is 1.64. The highest BCUT2D eigenvalue weighted by Crippen LogP contribution is 2.35. The topological polar surface area (TPSA) is 103 Å². The Bertz CT molecular complexity index is 802. The molecule has 206 valence electrons. The van der Waals surface area contributed by atoms with Crippen LogP contribution in [0.1, 0.15) is 57.9 Å². The van der Waals surface area contributed by atoms with Crippen molar-refractivity contribution in [2.75, 3.05) is 41.1 Å². The molecule has 1 aliphatic rings. The molecule has 8 nitrogen and oxygen atoms in total. The smallest absolute Gasteiger partial charge is 0.269 e. The average molecular weight is 529 g/mol. The van der Waals surface area contributed by atoms with Crippen LogP contribution in [-0.4, -0.2) is 74.3 Å². The van der Waals surface area contributed by atoms with Gasteiger partial charge < -0.3 is 29.8 Å². The Hall–Kier alpha value is -1.58. The molecule has 1 saturated carbocycles. The maximum absolute atomic E-state index is 12.9. The molecule has 9 heteroatoms. The zero-order valence-corrected chi connectivity index (χ0v) is 23.3. The summed E-state index contributed by atoms with van der Waals surface area (Å²) in [4.78, 5) is 12.9. The molecule has 0 aliphatic heterocycles. The molecule has 0 spiro atoms. The molecule has 1 fully saturated rings. The van der Waals surface area contributed by atoms with Gasteiger partial charge in [0.1, 0.15) is 5.60 Å². The lowest BCUT2D eigenvalue weighted by molar-refractivity contribution is -0.150. The Morgan fingerprint density at radius 3 is 2.44 bits per heavy atom. The molecule has 0 saturated heterocycles. The first-order chi connectivity index (χ1) is 17.2. The summed E-state index contributed by atoms with van der Waals surface area (Å²) in [7, 11) is 4.84. The summed E-state index contributed by atoms with van der Waals surface area (Å²) in [6.45, 7) is 5.43. The van der Waals surface area contributed by atoms with E-state index in [4.69, 9.17) is 36.5 Å². The number of rotatable bonds is 16. The van der Waals surface area contributed by atoms with Crippen LogP contribution < -0.4 is 15.2 Å². The van der Waals surface area contributed by atoms with Gasteiger partial charge in [-0.1, -0.05) is 19.9 Å². The van der Waals surface area contributed by atoms with E-state index in [1.807, 2.05) is 18.2 Å². The van der Waals surface area contributed by atoms with Gasteiger partial charge >= 0.3 is 0 Å². The van der Waals surface area contributed by atoms with Gasteiger partial charge in [0.2, 0.25) is 0 Å². The minimum Gasteiger partial charge on any atom is -0.493 e. The Kier molecular flexibility index (Phi) is 12.8. The van der Waals surface area contributed by atoms with Crippen LogP contribution in [0.4, 0.5) is 0 Å². The summed E-state index contributed by atoms with van der Waals surface area (Å²) in [5, 5.41) is 10.8. The number of aliphatic hydroxyl groups is 1. The van der Waals surface area contributed by atoms with Crippen LogP contribution in [0.25, 0.3) is 0 Å². The van der Waals surface area contributed by atoms with Crippen molar-refractivity contribution >= 4 is 17.7 Å². The number of halogens is 1. The summed E-state index contributed by atoms with van der Waals surface area (Å²) in [6, 6.07) is 5.42. The molecule has 0 unspecified atom stereocenters. The Morgan fingerprint density at radius 1 is 1.17 bits per heavy atom. The van der Waals surface area contributed by atoms with Crippen molar-refractivity contribution in [3.8, 4) is 11.5 Å². The van der Waals surface area contributed by atoms with Crippen molar-refractivity contribution in [3.05, 3.63) is 23.8 Å². The zero-order chi connectivity index (χ0) is 26.7. The SMILES string of the molecule is COCCCOc1cc(C[C@@H](C[C@H](N)[C@@H](O)CN(Cl)C(=O)C2(OC)CCCC2)C(C)C)ccc1OC. The van der Waals surface area contributed by atoms with Crippen LogP contribution in [0.5, 0.6) is 11.5 Å². The number of hydrogen-bond acceptors (Lipinski definition) is 7. The fourth-order valence-corrected chi connectivity index (χ4v) is 5.10. The molecule has 0 radical (unpaired) electrons. The van der Waals surface area contributed by atoms with E-state index in [2.05, 4.69) is 13.8 Å². The number of benzene rings is 1. The minimum absolute atomic E-state index is 0.0422. The first-order valence-corrected chi connectivity index (χ1v) is 13.3. The van der Waals surface area contributed by atoms with E-state index in [9.17, 15) is 9.90 Å². The number of methoxy groups -OCH3 is 3. The van der Waals surface area contributed by atoms with E-state index in [1.165, 1.54) is 0 Å². The lowest BCUT2D eigenvalue weighted by Gasteiger charge is -2.32. The van der Waals surface area contributed by atoms with Crippen molar-refractivity contribution in [1.29, 1.82) is 0 Å². The molecule has 0 aromatic heterocycles. The fourth-order valence-electron chi connectivity index (χ4n) is 4.80. The van der Waals surface area contributed by atoms with Crippen molar-refractivity contribution in [2.45, 2.75) is 76.5 Å². The number of carbonyl (C=O) groups excluding carboxylic acids is 1. The second-order valence-electron chi connectivity index (χ2n) is 10.1. The summed E-state index contributed by atoms with van der Waals surface area (Å²) in [5.41, 5.74) is 6.63. The van der Waals surface area contributed by atoms with E-state index in [1.54, 1.807) is 21.3 Å². The molecular formula is C27H45ClN2O6. The third-order valence-corrected chi connectivity index (χ3v) is 7.54. The second kappa shape index (κ2) is 15.0. The molecule has 36 heavy (non-hydrogen) atoms. The number of nitrogens with two attached hydrogens (primary N) is 1. The third-order valence-electron chi connectivity index (χ3n) is 7.25. The van der Waals surface area contributed by atoms with Gasteiger partial charge in [0.25, 0.3) is 5.91 Å². The minimum atomic E-state index is -0.946. The number of hydrogen-bond donors (Lipinski definition) is 2. The Morgan fingerprint density at radius 2 is 1.86 bits per heavy atom. The first kappa shape index (κ1) is 30.6. The monoisotopic (exact) mass is 528 g/mol. The molecule has 3 N–H and O–H groups in total. The normalized spacial score (nSPS) is 17.6. The van der Waals surface area contributed by atoms with Gasteiger partial charge in [0.15, 0.2) is 11.5 Å². The highest BCUT2D eigenvalue weighted by atomic mass is 35.5. The van der Waals surface area contributed by atoms with Gasteiger partial charge in [0.05, 0.1) is 26.4 Å². The van der Waals surface area contributed by atoms with E-state index < -0.39 is 17.7 Å². The van der Waals surface area contributed by atoms with Crippen LogP contribution in [0.15, 0.2) is 18.2 Å². The molecule has 0 heterocycles. The molecule has 2 rings (SSSR count). The van der Waals surface area contributed by atoms with Gasteiger partial charge in [-0.05, 0) is 68.1 Å². The first-order valence-electron chi connectivity index (χ1n) is 12.9. The standard InChI is InChI=1S/C27H45ClN2O6/c1-19(2)21(15-20-9-10-24(34-4)25(16-20)36-14-8-13-33-3)17-22(29)23(31)18-30(28)26(32)27(35-5)11-6-7-12-27/h9-10,16,19,21-23,31H,6-8,11-15,17-18,29H2,1-5H3/t21-,22-,23-/m0/s1. The molecule has 1 aromatic rings. The van der Waals surface area contributed by atoms with Crippen molar-refractivity contribution in [2.24, 2.45) is 17.6 Å². The highest BCUT2D eigenvalue weighted by Gasteiger charge is 2.44. The van der Waals surface area contributed by atoms with Gasteiger partial charge in [-0.2, -0.15) is 0 Å². The highest BCUT2D eigenvalue weighted by molar-refractivity contribution is 6.22. The van der Waals surface area contributed by atoms with Crippen molar-refractivity contribution in [3.63, 3.8) is 0 Å². The van der Waals surface area contributed by atoms with Gasteiger partial charge in [-0.3, -0.25) is 4.79 Å². The van der Waals surface area contributed by atoms with E-state index >= 15 is 0 Å². The van der Waals surface area contributed by atoms with Crippen LogP contribution in [0.3, 0.4) is 0 Å². The molecule has 1 aromatic carbocycles. The number of aliphatic hydroxyl groups excluding tert-OH is 1. The predicted molar refractivity (Wildman–Crippen MR) is 141 cm³/mol. The average Bonchev–Trinajstić information content (AvgIpc) is 3.36.